The van der Waals surface area contributed by atoms with Gasteiger partial charge in [-0.05, 0) is 10.8 Å². The lowest BCUT2D eigenvalue weighted by atomic mass is 10.0. The number of ketones is 1. The van der Waals surface area contributed by atoms with E-state index in [-0.39, 0.29) is 16.5 Å². The molecule has 122 valence electrons. The van der Waals surface area contributed by atoms with Gasteiger partial charge in [0.2, 0.25) is 11.7 Å². The number of carbonyl (C=O) groups excluding carboxylic acids is 1. The first-order valence-electron chi connectivity index (χ1n) is 7.79. The average molecular weight is 340 g/mol. The maximum Gasteiger partial charge on any atom is 0.235 e. The average Bonchev–Trinajstić information content (AvgIpc) is 3.03. The fourth-order valence-electron chi connectivity index (χ4n) is 2.88. The Hall–Kier alpha value is -2.44. The highest BCUT2D eigenvalue weighted by Crippen LogP contribution is 2.34. The van der Waals surface area contributed by atoms with Crippen LogP contribution in [0.4, 0.5) is 5.13 Å². The highest BCUT2D eigenvalue weighted by molar-refractivity contribution is 7.18. The fourth-order valence-corrected chi connectivity index (χ4v) is 3.85. The van der Waals surface area contributed by atoms with Crippen LogP contribution in [0.5, 0.6) is 5.88 Å². The quantitative estimate of drug-likeness (QED) is 0.743. The number of aromatic hydroxyl groups is 1. The number of rotatable bonds is 3. The fraction of sp³-hybridized carbons (Fsp3) is 0.222. The van der Waals surface area contributed by atoms with Crippen LogP contribution in [0, 0.1) is 0 Å². The largest absolute Gasteiger partial charge is 0.492 e. The normalized spacial score (nSPS) is 14.9. The molecule has 2 aromatic carbocycles. The predicted molar refractivity (Wildman–Crippen MR) is 94.2 cm³/mol. The first kappa shape index (κ1) is 15.1. The Morgan fingerprint density at radius 1 is 1.12 bits per heavy atom. The van der Waals surface area contributed by atoms with Gasteiger partial charge in [0, 0.05) is 18.7 Å². The van der Waals surface area contributed by atoms with Crippen LogP contribution in [-0.4, -0.2) is 42.2 Å². The Labute approximate surface area is 143 Å². The second-order valence-electron chi connectivity index (χ2n) is 5.60. The summed E-state index contributed by atoms with van der Waals surface area (Å²) in [7, 11) is 0. The zero-order valence-corrected chi connectivity index (χ0v) is 13.8. The summed E-state index contributed by atoms with van der Waals surface area (Å²) < 4.78 is 5.33. The predicted octanol–water partition coefficient (Wildman–Crippen LogP) is 3.07. The molecule has 1 saturated heterocycles. The third kappa shape index (κ3) is 2.64. The summed E-state index contributed by atoms with van der Waals surface area (Å²) in [5, 5.41) is 12.7. The van der Waals surface area contributed by atoms with Crippen molar-refractivity contribution in [2.75, 3.05) is 31.2 Å². The summed E-state index contributed by atoms with van der Waals surface area (Å²) in [6, 6.07) is 13.4. The Morgan fingerprint density at radius 3 is 2.71 bits per heavy atom. The number of aromatic nitrogens is 1. The summed E-state index contributed by atoms with van der Waals surface area (Å²) in [6.45, 7) is 2.70. The van der Waals surface area contributed by atoms with E-state index in [0.29, 0.717) is 23.9 Å². The van der Waals surface area contributed by atoms with Crippen LogP contribution in [0.3, 0.4) is 0 Å². The third-order valence-corrected chi connectivity index (χ3v) is 5.22. The molecule has 1 N–H and O–H groups in total. The van der Waals surface area contributed by atoms with Crippen molar-refractivity contribution < 1.29 is 14.6 Å². The first-order chi connectivity index (χ1) is 11.7. The zero-order valence-electron chi connectivity index (χ0n) is 12.9. The minimum absolute atomic E-state index is 0.193. The molecule has 2 heterocycles. The van der Waals surface area contributed by atoms with E-state index < -0.39 is 0 Å². The van der Waals surface area contributed by atoms with Crippen LogP contribution in [0.2, 0.25) is 0 Å². The van der Waals surface area contributed by atoms with E-state index >= 15 is 0 Å². The second kappa shape index (κ2) is 6.22. The van der Waals surface area contributed by atoms with E-state index in [1.54, 1.807) is 6.07 Å². The Bertz CT molecular complexity index is 895. The number of benzene rings is 2. The van der Waals surface area contributed by atoms with Crippen molar-refractivity contribution in [3.05, 3.63) is 52.9 Å². The van der Waals surface area contributed by atoms with Crippen LogP contribution < -0.4 is 4.90 Å². The number of thiazole rings is 1. The summed E-state index contributed by atoms with van der Waals surface area (Å²) in [4.78, 5) is 19.4. The summed E-state index contributed by atoms with van der Waals surface area (Å²) in [6.07, 6.45) is 0. The van der Waals surface area contributed by atoms with Crippen LogP contribution in [0.1, 0.15) is 15.2 Å². The molecule has 0 radical (unpaired) electrons. The summed E-state index contributed by atoms with van der Waals surface area (Å²) in [5.41, 5.74) is 0.584. The monoisotopic (exact) mass is 340 g/mol. The summed E-state index contributed by atoms with van der Waals surface area (Å²) in [5.74, 6) is -0.388. The highest BCUT2D eigenvalue weighted by Gasteiger charge is 2.24. The molecule has 0 saturated carbocycles. The molecule has 6 heteroatoms. The lowest BCUT2D eigenvalue weighted by Gasteiger charge is -2.25. The van der Waals surface area contributed by atoms with Gasteiger partial charge in [-0.2, -0.15) is 4.98 Å². The molecular formula is C18H16N2O3S. The molecule has 0 spiro atoms. The molecule has 24 heavy (non-hydrogen) atoms. The van der Waals surface area contributed by atoms with Crippen molar-refractivity contribution in [3.8, 4) is 5.88 Å². The van der Waals surface area contributed by atoms with Crippen LogP contribution in [0.15, 0.2) is 42.5 Å². The number of fused-ring (bicyclic) bond motifs is 1. The lowest BCUT2D eigenvalue weighted by molar-refractivity contribution is 0.104. The molecule has 1 fully saturated rings. The van der Waals surface area contributed by atoms with Crippen molar-refractivity contribution in [1.82, 2.24) is 4.98 Å². The van der Waals surface area contributed by atoms with Gasteiger partial charge in [-0.1, -0.05) is 53.8 Å². The van der Waals surface area contributed by atoms with Crippen LogP contribution >= 0.6 is 11.3 Å². The number of ether oxygens (including phenoxy) is 1. The molecule has 1 aliphatic heterocycles. The van der Waals surface area contributed by atoms with Crippen LogP contribution in [-0.2, 0) is 4.74 Å². The maximum absolute atomic E-state index is 12.9. The Balaban J connectivity index is 1.72. The number of carbonyl (C=O) groups is 1. The molecule has 0 unspecified atom stereocenters. The molecule has 1 aliphatic rings. The van der Waals surface area contributed by atoms with E-state index in [9.17, 15) is 9.90 Å². The standard InChI is InChI=1S/C18H16N2O3S/c21-15(14-7-3-5-12-4-1-2-6-13(12)14)16-17(22)19-18(24-16)20-8-10-23-11-9-20/h1-7,22H,8-11H2. The van der Waals surface area contributed by atoms with Gasteiger partial charge in [-0.25, -0.2) is 0 Å². The van der Waals surface area contributed by atoms with Crippen molar-refractivity contribution in [2.24, 2.45) is 0 Å². The molecule has 0 amide bonds. The molecule has 4 rings (SSSR count). The highest BCUT2D eigenvalue weighted by atomic mass is 32.1. The zero-order chi connectivity index (χ0) is 16.5. The molecule has 3 aromatic rings. The van der Waals surface area contributed by atoms with Gasteiger partial charge in [0.05, 0.1) is 13.2 Å². The Kier molecular flexibility index (Phi) is 3.92. The first-order valence-corrected chi connectivity index (χ1v) is 8.60. The van der Waals surface area contributed by atoms with Gasteiger partial charge in [-0.15, -0.1) is 0 Å². The van der Waals surface area contributed by atoms with Gasteiger partial charge < -0.3 is 14.7 Å². The SMILES string of the molecule is O=C(c1sc(N2CCOCC2)nc1O)c1cccc2ccccc12. The van der Waals surface area contributed by atoms with Crippen LogP contribution in [0.25, 0.3) is 10.8 Å². The number of anilines is 1. The van der Waals surface area contributed by atoms with Crippen molar-refractivity contribution >= 4 is 33.0 Å². The van der Waals surface area contributed by atoms with E-state index in [4.69, 9.17) is 4.74 Å². The van der Waals surface area contributed by atoms with Crippen molar-refractivity contribution in [2.45, 2.75) is 0 Å². The van der Waals surface area contributed by atoms with E-state index in [1.807, 2.05) is 41.3 Å². The van der Waals surface area contributed by atoms with Gasteiger partial charge in [0.1, 0.15) is 4.88 Å². The molecular weight excluding hydrogens is 324 g/mol. The summed E-state index contributed by atoms with van der Waals surface area (Å²) >= 11 is 1.24. The number of hydrogen-bond acceptors (Lipinski definition) is 6. The number of nitrogens with zero attached hydrogens (tertiary/aromatic N) is 2. The van der Waals surface area contributed by atoms with E-state index in [0.717, 1.165) is 23.9 Å². The minimum atomic E-state index is -0.195. The van der Waals surface area contributed by atoms with E-state index in [2.05, 4.69) is 4.98 Å². The van der Waals surface area contributed by atoms with Gasteiger partial charge in [-0.3, -0.25) is 4.79 Å². The topological polar surface area (TPSA) is 62.7 Å². The second-order valence-corrected chi connectivity index (χ2v) is 6.58. The Morgan fingerprint density at radius 2 is 1.88 bits per heavy atom. The lowest BCUT2D eigenvalue weighted by Crippen LogP contribution is -2.36. The number of morpholine rings is 1. The van der Waals surface area contributed by atoms with Gasteiger partial charge in [0.25, 0.3) is 0 Å². The van der Waals surface area contributed by atoms with Gasteiger partial charge >= 0.3 is 0 Å². The maximum atomic E-state index is 12.9. The minimum Gasteiger partial charge on any atom is -0.492 e. The molecule has 0 aliphatic carbocycles. The van der Waals surface area contributed by atoms with E-state index in [1.165, 1.54) is 11.3 Å². The molecule has 0 atom stereocenters. The third-order valence-electron chi connectivity index (χ3n) is 4.12. The molecule has 5 nitrogen and oxygen atoms in total. The molecule has 0 bridgehead atoms. The van der Waals surface area contributed by atoms with Crippen molar-refractivity contribution in [3.63, 3.8) is 0 Å². The van der Waals surface area contributed by atoms with Gasteiger partial charge in [0.15, 0.2) is 5.13 Å². The molecule has 1 aromatic heterocycles. The smallest absolute Gasteiger partial charge is 0.235 e. The number of hydrogen-bond donors (Lipinski definition) is 1. The van der Waals surface area contributed by atoms with Crippen molar-refractivity contribution in [1.29, 1.82) is 0 Å².